The minimum absolute atomic E-state index is 0.0721. The van der Waals surface area contributed by atoms with Crippen LogP contribution in [-0.2, 0) is 30.7 Å². The molecule has 2 aromatic carbocycles. The van der Waals surface area contributed by atoms with Crippen LogP contribution in [0.5, 0.6) is 0 Å². The van der Waals surface area contributed by atoms with Crippen LogP contribution >= 0.6 is 0 Å². The number of amides is 1. The summed E-state index contributed by atoms with van der Waals surface area (Å²) in [5.41, 5.74) is 6.72. The first-order valence-electron chi connectivity index (χ1n) is 29.1. The number of likely N-dealkylation sites (tertiary alicyclic amines) is 3. The molecule has 1 amide bonds. The second kappa shape index (κ2) is 22.4. The van der Waals surface area contributed by atoms with Crippen LogP contribution in [-0.4, -0.2) is 114 Å². The van der Waals surface area contributed by atoms with E-state index in [1.165, 1.54) is 44.0 Å². The van der Waals surface area contributed by atoms with E-state index in [-0.39, 0.29) is 40.7 Å². The third-order valence-electron chi connectivity index (χ3n) is 17.4. The highest BCUT2D eigenvalue weighted by Crippen LogP contribution is 2.48. The molecule has 8 aromatic rings. The Hall–Kier alpha value is -7.25. The average Bonchev–Trinajstić information content (AvgIpc) is 3.31. The van der Waals surface area contributed by atoms with Crippen LogP contribution < -0.4 is 0 Å². The van der Waals surface area contributed by atoms with E-state index in [0.717, 1.165) is 49.2 Å². The number of halogens is 4. The van der Waals surface area contributed by atoms with E-state index in [4.69, 9.17) is 4.74 Å². The molecule has 4 atom stereocenters. The van der Waals surface area contributed by atoms with Crippen LogP contribution in [0.25, 0.3) is 44.3 Å². The molecule has 9 heterocycles. The molecule has 4 aliphatic rings. The van der Waals surface area contributed by atoms with Crippen LogP contribution in [0.2, 0.25) is 0 Å². The van der Waals surface area contributed by atoms with Crippen molar-refractivity contribution in [2.75, 3.05) is 26.2 Å². The Morgan fingerprint density at radius 3 is 1.52 bits per heavy atom. The molecule has 3 saturated heterocycles. The van der Waals surface area contributed by atoms with Gasteiger partial charge in [-0.05, 0) is 140 Å². The van der Waals surface area contributed by atoms with Gasteiger partial charge >= 0.3 is 6.09 Å². The molecule has 0 bridgehead atoms. The zero-order valence-electron chi connectivity index (χ0n) is 49.6. The number of aromatic nitrogens is 10. The fraction of sp³-hybridized carbons (Fsp3) is 0.484. The lowest BCUT2D eigenvalue weighted by Gasteiger charge is -2.60. The van der Waals surface area contributed by atoms with E-state index in [0.29, 0.717) is 106 Å². The number of carbonyl (C=O) groups is 1. The fourth-order valence-electron chi connectivity index (χ4n) is 13.4. The van der Waals surface area contributed by atoms with E-state index < -0.39 is 28.9 Å². The zero-order valence-corrected chi connectivity index (χ0v) is 49.6. The average molecular weight is 1130 g/mol. The van der Waals surface area contributed by atoms with Gasteiger partial charge in [0, 0.05) is 122 Å². The summed E-state index contributed by atoms with van der Waals surface area (Å²) in [6.45, 7) is 27.1. The molecular formula is C64H75F4N13O2. The number of hydrogen-bond donors (Lipinski definition) is 0. The largest absolute Gasteiger partial charge is 0.444 e. The number of piperidine rings is 1. The number of pyridine rings is 2. The molecule has 4 fully saturated rings. The lowest BCUT2D eigenvalue weighted by atomic mass is 9.64. The number of imidazole rings is 2. The Kier molecular flexibility index (Phi) is 15.5. The van der Waals surface area contributed by atoms with Crippen LogP contribution in [0, 0.1) is 47.9 Å². The lowest BCUT2D eigenvalue weighted by Crippen LogP contribution is -2.70. The summed E-state index contributed by atoms with van der Waals surface area (Å²) in [4.78, 5) is 55.0. The van der Waals surface area contributed by atoms with Crippen LogP contribution in [0.3, 0.4) is 0 Å². The molecule has 0 N–H and O–H groups in total. The highest BCUT2D eigenvalue weighted by Gasteiger charge is 2.53. The van der Waals surface area contributed by atoms with E-state index >= 15 is 13.2 Å². The molecule has 6 aromatic heterocycles. The van der Waals surface area contributed by atoms with Crippen LogP contribution in [0.1, 0.15) is 152 Å². The maximum absolute atomic E-state index is 15.1. The van der Waals surface area contributed by atoms with Crippen molar-refractivity contribution in [2.45, 2.75) is 164 Å². The summed E-state index contributed by atoms with van der Waals surface area (Å²) in [6, 6.07) is 10.6. The van der Waals surface area contributed by atoms with Crippen molar-refractivity contribution in [3.8, 4) is 22.3 Å². The molecule has 0 unspecified atom stereocenters. The Labute approximate surface area is 483 Å². The SMILES string of the molecule is Cc1nc2c(F)cc(-c3cc(Cc4ncc(CN5C[C@@]6(C)CCCC[C@@H]56)cn4)ncc3F)cc2n1C(C)C.Cc1nc2c(F)cc(-c3cc(Cc4ncc(CN5C[C@@]6(C)CCN(C(=O)OC(C)(C)C)C[C@@H]56)cn4)ncc3F)cc2n1C(C)C. The molecule has 0 radical (unpaired) electrons. The molecule has 19 heteroatoms. The molecule has 15 nitrogen and oxygen atoms in total. The number of benzene rings is 2. The zero-order chi connectivity index (χ0) is 58.9. The summed E-state index contributed by atoms with van der Waals surface area (Å²) < 4.78 is 69.5. The molecular weight excluding hydrogens is 1060 g/mol. The quantitative estimate of drug-likeness (QED) is 0.107. The molecule has 436 valence electrons. The molecule has 3 aliphatic heterocycles. The van der Waals surface area contributed by atoms with Gasteiger partial charge < -0.3 is 18.8 Å². The first-order chi connectivity index (χ1) is 39.4. The van der Waals surface area contributed by atoms with Gasteiger partial charge in [0.05, 0.1) is 36.3 Å². The lowest BCUT2D eigenvalue weighted by molar-refractivity contribution is -0.115. The Morgan fingerprint density at radius 2 is 1.07 bits per heavy atom. The first kappa shape index (κ1) is 57.6. The standard InChI is InChI=1S/C34H41F2N7O2.C30H34F2N6/c1-20(2)43-21(3)40-31-26(35)10-23(11-28(31)43)25-12-24(37-16-27(25)36)13-30-38-14-22(15-39-30)17-42-19-34(7)8-9-41(18-29(34)42)32(44)45-33(4,5)6;1-18(2)38-19(3)36-29-24(31)9-21(10-26(29)38)23-11-22(33-15-25(23)32)12-28-34-13-20(14-35-28)16-37-17-30(4)8-6-5-7-27(30)37/h10-12,14-16,20,29H,8-9,13,17-19H2,1-7H3;9-11,13-15,18,27H,5-8,12,16-17H2,1-4H3/t29-,34-;27-,30-/m11/s1. The number of aryl methyl sites for hydroxylation is 2. The van der Waals surface area contributed by atoms with Crippen LogP contribution in [0.15, 0.2) is 73.6 Å². The van der Waals surface area contributed by atoms with Crippen molar-refractivity contribution in [1.29, 1.82) is 0 Å². The van der Waals surface area contributed by atoms with Gasteiger partial charge in [-0.3, -0.25) is 19.8 Å². The summed E-state index contributed by atoms with van der Waals surface area (Å²) in [5, 5.41) is 0. The van der Waals surface area contributed by atoms with E-state index in [9.17, 15) is 9.18 Å². The smallest absolute Gasteiger partial charge is 0.410 e. The maximum atomic E-state index is 15.1. The van der Waals surface area contributed by atoms with Crippen molar-refractivity contribution in [2.24, 2.45) is 10.8 Å². The van der Waals surface area contributed by atoms with Gasteiger partial charge in [0.2, 0.25) is 0 Å². The second-order valence-corrected chi connectivity index (χ2v) is 25.6. The summed E-state index contributed by atoms with van der Waals surface area (Å²) in [7, 11) is 0. The van der Waals surface area contributed by atoms with Gasteiger partial charge in [0.15, 0.2) is 11.6 Å². The predicted molar refractivity (Wildman–Crippen MR) is 311 cm³/mol. The van der Waals surface area contributed by atoms with Gasteiger partial charge in [-0.2, -0.15) is 0 Å². The van der Waals surface area contributed by atoms with Crippen LogP contribution in [0.4, 0.5) is 22.4 Å². The topological polar surface area (TPSA) is 149 Å². The van der Waals surface area contributed by atoms with E-state index in [1.807, 2.05) is 101 Å². The molecule has 1 aliphatic carbocycles. The number of ether oxygens (including phenoxy) is 1. The number of hydrogen-bond acceptors (Lipinski definition) is 12. The molecule has 12 rings (SSSR count). The fourth-order valence-corrected chi connectivity index (χ4v) is 13.4. The normalized spacial score (nSPS) is 21.0. The summed E-state index contributed by atoms with van der Waals surface area (Å²) >= 11 is 0. The summed E-state index contributed by atoms with van der Waals surface area (Å²) in [5.74, 6) is 0.626. The van der Waals surface area contributed by atoms with Crippen molar-refractivity contribution < 1.29 is 27.1 Å². The minimum atomic E-state index is -0.532. The first-order valence-corrected chi connectivity index (χ1v) is 29.1. The van der Waals surface area contributed by atoms with Gasteiger partial charge in [-0.25, -0.2) is 52.3 Å². The van der Waals surface area contributed by atoms with Gasteiger partial charge in [-0.15, -0.1) is 0 Å². The minimum Gasteiger partial charge on any atom is -0.444 e. The summed E-state index contributed by atoms with van der Waals surface area (Å²) in [6.07, 6.45) is 16.4. The number of rotatable bonds is 12. The van der Waals surface area contributed by atoms with Gasteiger partial charge in [0.25, 0.3) is 0 Å². The second-order valence-electron chi connectivity index (χ2n) is 25.6. The van der Waals surface area contributed by atoms with Crippen molar-refractivity contribution in [3.05, 3.63) is 143 Å². The molecule has 83 heavy (non-hydrogen) atoms. The highest BCUT2D eigenvalue weighted by atomic mass is 19.1. The van der Waals surface area contributed by atoms with Crippen molar-refractivity contribution in [1.82, 2.24) is 63.7 Å². The van der Waals surface area contributed by atoms with Gasteiger partial charge in [0.1, 0.15) is 51.6 Å². The van der Waals surface area contributed by atoms with Crippen molar-refractivity contribution in [3.63, 3.8) is 0 Å². The Bertz CT molecular complexity index is 3730. The molecule has 0 spiro atoms. The Balaban J connectivity index is 0.000000176. The van der Waals surface area contributed by atoms with Crippen molar-refractivity contribution >= 4 is 28.2 Å². The number of nitrogens with zero attached hydrogens (tertiary/aromatic N) is 13. The van der Waals surface area contributed by atoms with E-state index in [1.54, 1.807) is 24.3 Å². The van der Waals surface area contributed by atoms with Gasteiger partial charge in [-0.1, -0.05) is 26.7 Å². The molecule has 1 saturated carbocycles. The third kappa shape index (κ3) is 11.7. The van der Waals surface area contributed by atoms with E-state index in [2.05, 4.69) is 63.5 Å². The number of carbonyl (C=O) groups excluding carboxylic acids is 1. The third-order valence-corrected chi connectivity index (χ3v) is 17.4. The highest BCUT2D eigenvalue weighted by molar-refractivity contribution is 5.85. The maximum Gasteiger partial charge on any atom is 0.410 e. The monoisotopic (exact) mass is 1130 g/mol. The number of fused-ring (bicyclic) bond motifs is 4. The Morgan fingerprint density at radius 1 is 0.614 bits per heavy atom. The predicted octanol–water partition coefficient (Wildman–Crippen LogP) is 12.9.